The van der Waals surface area contributed by atoms with Gasteiger partial charge >= 0.3 is 18.1 Å². The highest BCUT2D eigenvalue weighted by atomic mass is 19.4. The predicted molar refractivity (Wildman–Crippen MR) is 71.3 cm³/mol. The summed E-state index contributed by atoms with van der Waals surface area (Å²) in [4.78, 5) is 39.5. The van der Waals surface area contributed by atoms with Crippen LogP contribution in [0.3, 0.4) is 0 Å². The Bertz CT molecular complexity index is 730. The van der Waals surface area contributed by atoms with Gasteiger partial charge in [0.1, 0.15) is 11.3 Å². The van der Waals surface area contributed by atoms with Crippen LogP contribution in [0.4, 0.5) is 13.2 Å². The number of esters is 2. The molecule has 2 heterocycles. The van der Waals surface area contributed by atoms with Crippen molar-refractivity contribution >= 4 is 17.8 Å². The molecule has 1 aromatic rings. The molecule has 2 rings (SSSR count). The fourth-order valence-electron chi connectivity index (χ4n) is 2.22. The Morgan fingerprint density at radius 2 is 1.88 bits per heavy atom. The Morgan fingerprint density at radius 1 is 1.29 bits per heavy atom. The highest BCUT2D eigenvalue weighted by Crippen LogP contribution is 2.43. The lowest BCUT2D eigenvalue weighted by Gasteiger charge is -2.30. The predicted octanol–water partition coefficient (Wildman–Crippen LogP) is 1.12. The number of halogens is 3. The lowest BCUT2D eigenvalue weighted by atomic mass is 9.89. The minimum Gasteiger partial charge on any atom is -0.465 e. The fourth-order valence-corrected chi connectivity index (χ4v) is 2.22. The minimum absolute atomic E-state index is 0.185. The average molecular weight is 344 g/mol. The Balaban J connectivity index is 2.57. The van der Waals surface area contributed by atoms with Crippen molar-refractivity contribution in [1.29, 1.82) is 0 Å². The molecular weight excluding hydrogens is 333 g/mol. The molecule has 0 saturated heterocycles. The van der Waals surface area contributed by atoms with Crippen molar-refractivity contribution in [2.24, 2.45) is 0 Å². The Kier molecular flexibility index (Phi) is 4.32. The number of carbonyl (C=O) groups is 3. The molecule has 7 nitrogen and oxygen atoms in total. The van der Waals surface area contributed by atoms with E-state index in [9.17, 15) is 27.6 Å². The number of cyclic esters (lactones) is 1. The van der Waals surface area contributed by atoms with Gasteiger partial charge in [-0.2, -0.15) is 13.2 Å². The van der Waals surface area contributed by atoms with Crippen molar-refractivity contribution in [2.45, 2.75) is 18.6 Å². The summed E-state index contributed by atoms with van der Waals surface area (Å²) >= 11 is 0. The molecule has 0 aliphatic carbocycles. The van der Waals surface area contributed by atoms with Crippen LogP contribution in [-0.2, 0) is 19.1 Å². The lowest BCUT2D eigenvalue weighted by molar-refractivity contribution is -0.196. The second kappa shape index (κ2) is 5.95. The van der Waals surface area contributed by atoms with Crippen LogP contribution in [0.2, 0.25) is 0 Å². The molecule has 0 aromatic carbocycles. The molecule has 0 fully saturated rings. The van der Waals surface area contributed by atoms with Crippen molar-refractivity contribution in [3.05, 3.63) is 41.4 Å². The largest absolute Gasteiger partial charge is 0.465 e. The first-order chi connectivity index (χ1) is 11.1. The summed E-state index contributed by atoms with van der Waals surface area (Å²) in [6.07, 6.45) is -2.97. The van der Waals surface area contributed by atoms with E-state index in [2.05, 4.69) is 14.5 Å². The molecule has 1 aromatic heterocycles. The molecule has 1 atom stereocenters. The standard InChI is InChI=1S/C14H11F3N2O5/c1-7-9(11(21)23-2)13(12(22)24-7,14(15,16)17)19-10(20)8-3-5-18-6-4-8/h3-6H,1-2H3,(H,19,20). The quantitative estimate of drug-likeness (QED) is 0.826. The van der Waals surface area contributed by atoms with Crippen molar-refractivity contribution in [3.8, 4) is 0 Å². The topological polar surface area (TPSA) is 94.6 Å². The molecule has 1 N–H and O–H groups in total. The summed E-state index contributed by atoms with van der Waals surface area (Å²) in [5.41, 5.74) is -4.95. The summed E-state index contributed by atoms with van der Waals surface area (Å²) in [5.74, 6) is -5.11. The normalized spacial score (nSPS) is 20.6. The van der Waals surface area contributed by atoms with E-state index < -0.39 is 40.9 Å². The van der Waals surface area contributed by atoms with E-state index >= 15 is 0 Å². The molecule has 1 aliphatic heterocycles. The molecule has 24 heavy (non-hydrogen) atoms. The number of alkyl halides is 3. The van der Waals surface area contributed by atoms with Gasteiger partial charge in [0.15, 0.2) is 0 Å². The van der Waals surface area contributed by atoms with E-state index in [1.807, 2.05) is 0 Å². The van der Waals surface area contributed by atoms with Crippen molar-refractivity contribution < 1.29 is 37.0 Å². The first-order valence-electron chi connectivity index (χ1n) is 6.46. The van der Waals surface area contributed by atoms with E-state index in [-0.39, 0.29) is 5.56 Å². The second-order valence-electron chi connectivity index (χ2n) is 4.75. The number of amides is 1. The molecule has 1 unspecified atom stereocenters. The number of rotatable bonds is 3. The molecule has 1 amide bonds. The zero-order valence-corrected chi connectivity index (χ0v) is 12.4. The van der Waals surface area contributed by atoms with E-state index in [4.69, 9.17) is 0 Å². The minimum atomic E-state index is -5.34. The van der Waals surface area contributed by atoms with E-state index in [1.165, 1.54) is 12.4 Å². The highest BCUT2D eigenvalue weighted by Gasteiger charge is 2.71. The molecule has 0 radical (unpaired) electrons. The summed E-state index contributed by atoms with van der Waals surface area (Å²) < 4.78 is 49.8. The fraction of sp³-hybridized carbons (Fsp3) is 0.286. The third-order valence-electron chi connectivity index (χ3n) is 3.34. The van der Waals surface area contributed by atoms with Crippen LogP contribution < -0.4 is 5.32 Å². The van der Waals surface area contributed by atoms with Crippen LogP contribution >= 0.6 is 0 Å². The summed E-state index contributed by atoms with van der Waals surface area (Å²) in [6.45, 7) is 0.996. The zero-order valence-electron chi connectivity index (χ0n) is 12.4. The molecule has 128 valence electrons. The molecular formula is C14H11F3N2O5. The number of aromatic nitrogens is 1. The van der Waals surface area contributed by atoms with Gasteiger partial charge in [0, 0.05) is 18.0 Å². The second-order valence-corrected chi connectivity index (χ2v) is 4.75. The summed E-state index contributed by atoms with van der Waals surface area (Å²) in [7, 11) is 0.844. The molecule has 10 heteroatoms. The van der Waals surface area contributed by atoms with Gasteiger partial charge in [0.05, 0.1) is 7.11 Å². The monoisotopic (exact) mass is 344 g/mol. The number of pyridine rings is 1. The van der Waals surface area contributed by atoms with Gasteiger partial charge in [-0.3, -0.25) is 9.78 Å². The van der Waals surface area contributed by atoms with Crippen LogP contribution in [0.15, 0.2) is 35.9 Å². The van der Waals surface area contributed by atoms with E-state index in [0.717, 1.165) is 26.2 Å². The van der Waals surface area contributed by atoms with Crippen LogP contribution in [0.5, 0.6) is 0 Å². The Morgan fingerprint density at radius 3 is 2.38 bits per heavy atom. The van der Waals surface area contributed by atoms with Gasteiger partial charge in [-0.05, 0) is 19.1 Å². The van der Waals surface area contributed by atoms with Crippen molar-refractivity contribution in [3.63, 3.8) is 0 Å². The maximum absolute atomic E-state index is 13.7. The van der Waals surface area contributed by atoms with Crippen LogP contribution in [0.1, 0.15) is 17.3 Å². The molecule has 1 aliphatic rings. The average Bonchev–Trinajstić information content (AvgIpc) is 2.78. The number of hydrogen-bond acceptors (Lipinski definition) is 6. The maximum Gasteiger partial charge on any atom is 0.427 e. The van der Waals surface area contributed by atoms with Crippen molar-refractivity contribution in [2.75, 3.05) is 7.11 Å². The first-order valence-corrected chi connectivity index (χ1v) is 6.46. The molecule has 0 bridgehead atoms. The SMILES string of the molecule is COC(=O)C1=C(C)OC(=O)C1(NC(=O)c1ccncc1)C(F)(F)F. The Hall–Kier alpha value is -2.91. The Labute approximate surface area is 133 Å². The van der Waals surface area contributed by atoms with Crippen molar-refractivity contribution in [1.82, 2.24) is 10.3 Å². The third-order valence-corrected chi connectivity index (χ3v) is 3.34. The summed E-state index contributed by atoms with van der Waals surface area (Å²) in [6, 6.07) is 2.29. The van der Waals surface area contributed by atoms with E-state index in [0.29, 0.717) is 0 Å². The number of methoxy groups -OCH3 is 1. The molecule has 0 spiro atoms. The maximum atomic E-state index is 13.7. The molecule has 0 saturated carbocycles. The van der Waals surface area contributed by atoms with Crippen LogP contribution in [-0.4, -0.2) is 41.7 Å². The van der Waals surface area contributed by atoms with E-state index in [1.54, 1.807) is 5.32 Å². The number of carbonyl (C=O) groups excluding carboxylic acids is 3. The van der Waals surface area contributed by atoms with Gasteiger partial charge in [0.25, 0.3) is 11.4 Å². The lowest BCUT2D eigenvalue weighted by Crippen LogP contribution is -2.64. The van der Waals surface area contributed by atoms with Crippen LogP contribution in [0.25, 0.3) is 0 Å². The first kappa shape index (κ1) is 17.4. The van der Waals surface area contributed by atoms with Gasteiger partial charge < -0.3 is 14.8 Å². The number of hydrogen-bond donors (Lipinski definition) is 1. The van der Waals surface area contributed by atoms with Gasteiger partial charge in [-0.15, -0.1) is 0 Å². The highest BCUT2D eigenvalue weighted by molar-refractivity contribution is 6.09. The van der Waals surface area contributed by atoms with Gasteiger partial charge in [-0.1, -0.05) is 0 Å². The van der Waals surface area contributed by atoms with Gasteiger partial charge in [0.2, 0.25) is 0 Å². The smallest absolute Gasteiger partial charge is 0.427 e. The zero-order chi connectivity index (χ0) is 18.1. The summed E-state index contributed by atoms with van der Waals surface area (Å²) in [5, 5.41) is 1.57. The third kappa shape index (κ3) is 2.59. The number of nitrogens with zero attached hydrogens (tertiary/aromatic N) is 1. The van der Waals surface area contributed by atoms with Gasteiger partial charge in [-0.25, -0.2) is 9.59 Å². The number of allylic oxidation sites excluding steroid dienone is 1. The number of nitrogens with one attached hydrogen (secondary N) is 1. The number of ether oxygens (including phenoxy) is 2. The van der Waals surface area contributed by atoms with Crippen LogP contribution in [0, 0.1) is 0 Å².